The van der Waals surface area contributed by atoms with Crippen LogP contribution in [0.5, 0.6) is 0 Å². The molecule has 3 heterocycles. The minimum absolute atomic E-state index is 0. The van der Waals surface area contributed by atoms with Crippen molar-refractivity contribution in [2.24, 2.45) is 10.8 Å². The summed E-state index contributed by atoms with van der Waals surface area (Å²) in [5, 5.41) is 17.8. The summed E-state index contributed by atoms with van der Waals surface area (Å²) in [4.78, 5) is 21.3. The van der Waals surface area contributed by atoms with Crippen LogP contribution in [0, 0.1) is 16.9 Å². The van der Waals surface area contributed by atoms with Gasteiger partial charge in [0.1, 0.15) is 17.7 Å². The van der Waals surface area contributed by atoms with Gasteiger partial charge in [-0.05, 0) is 60.1 Å². The number of ketones is 1. The van der Waals surface area contributed by atoms with Gasteiger partial charge < -0.3 is 9.52 Å². The molecule has 0 fully saturated rings. The van der Waals surface area contributed by atoms with Crippen molar-refractivity contribution < 1.29 is 34.4 Å². The van der Waals surface area contributed by atoms with E-state index in [0.717, 1.165) is 58.7 Å². The number of furan rings is 1. The Balaban J connectivity index is 0.000000251. The van der Waals surface area contributed by atoms with Crippen molar-refractivity contribution in [3.05, 3.63) is 83.7 Å². The number of benzene rings is 3. The summed E-state index contributed by atoms with van der Waals surface area (Å²) in [5.41, 5.74) is 3.99. The average molecular weight is 840 g/mol. The number of thiophene rings is 1. The van der Waals surface area contributed by atoms with Gasteiger partial charge in [-0.2, -0.15) is 0 Å². The molecular formula is C41H47IrN2O3S-. The molecular weight excluding hydrogens is 793 g/mol. The first kappa shape index (κ1) is 37.4. The monoisotopic (exact) mass is 840 g/mol. The summed E-state index contributed by atoms with van der Waals surface area (Å²) in [6.45, 7) is 18.8. The number of carbonyl (C=O) groups is 1. The van der Waals surface area contributed by atoms with Crippen LogP contribution in [0.2, 0.25) is 0 Å². The van der Waals surface area contributed by atoms with Crippen molar-refractivity contribution in [2.45, 2.75) is 93.4 Å². The van der Waals surface area contributed by atoms with Crippen molar-refractivity contribution in [1.82, 2.24) is 9.97 Å². The van der Waals surface area contributed by atoms with Gasteiger partial charge in [-0.15, -0.1) is 40.5 Å². The second-order valence-corrected chi connectivity index (χ2v) is 15.0. The standard InChI is InChI=1S/C26H19N2OS.C15H28O2.Ir/c1-26(2,3)19-13-17(12-16-6-4-5-7-18(16)19)23-22-21-20(29-25(22)28-14-27-23)9-8-15-10-11-30-24(15)21;1-7-14(5,8-2)12(16)11-13(17)15(6,9-3)10-4;/h4-11,13-14H,1-3H3;11,16H,7-10H2,1-6H3;/q-1;;/b;12-11-;. The van der Waals surface area contributed by atoms with Gasteiger partial charge in [0.05, 0.1) is 0 Å². The van der Waals surface area contributed by atoms with Crippen molar-refractivity contribution in [3.63, 3.8) is 0 Å². The van der Waals surface area contributed by atoms with E-state index in [2.05, 4.69) is 79.7 Å². The third-order valence-electron chi connectivity index (χ3n) is 10.3. The maximum atomic E-state index is 12.2. The number of hydrogen-bond acceptors (Lipinski definition) is 6. The molecule has 0 bridgehead atoms. The average Bonchev–Trinajstić information content (AvgIpc) is 3.71. The van der Waals surface area contributed by atoms with Crippen LogP contribution in [0.25, 0.3) is 54.2 Å². The Bertz CT molecular complexity index is 2090. The van der Waals surface area contributed by atoms with E-state index in [1.165, 1.54) is 27.1 Å². The van der Waals surface area contributed by atoms with Crippen molar-refractivity contribution in [2.75, 3.05) is 0 Å². The van der Waals surface area contributed by atoms with Crippen LogP contribution in [0.3, 0.4) is 0 Å². The number of nitrogens with zero attached hydrogens (tertiary/aromatic N) is 2. The molecule has 3 aromatic carbocycles. The van der Waals surface area contributed by atoms with E-state index in [9.17, 15) is 9.90 Å². The molecule has 0 unspecified atom stereocenters. The second kappa shape index (κ2) is 14.6. The number of carbonyl (C=O) groups excluding carboxylic acids is 1. The minimum Gasteiger partial charge on any atom is -0.512 e. The SMILES string of the molecule is CC(C)(C)c1cc(-c2ncnc3oc4ccc5ccsc5c4c23)[c-]c2ccccc12.CCC(C)(CC)C(=O)/C=C(\O)C(C)(CC)CC.[Ir]. The largest absolute Gasteiger partial charge is 0.512 e. The van der Waals surface area contributed by atoms with Gasteiger partial charge in [-0.25, -0.2) is 4.98 Å². The molecule has 0 aliphatic carbocycles. The summed E-state index contributed by atoms with van der Waals surface area (Å²) in [6, 6.07) is 20.6. The molecule has 0 saturated heterocycles. The molecule has 0 atom stereocenters. The van der Waals surface area contributed by atoms with Crippen molar-refractivity contribution >= 4 is 60.0 Å². The molecule has 0 aliphatic heterocycles. The number of hydrogen-bond donors (Lipinski definition) is 1. The molecule has 6 aromatic rings. The first-order chi connectivity index (χ1) is 22.3. The number of aliphatic hydroxyl groups excluding tert-OH is 1. The zero-order chi connectivity index (χ0) is 34.1. The molecule has 3 aromatic heterocycles. The van der Waals surface area contributed by atoms with Gasteiger partial charge in [-0.3, -0.25) is 9.78 Å². The summed E-state index contributed by atoms with van der Waals surface area (Å²) < 4.78 is 7.33. The number of aromatic nitrogens is 2. The van der Waals surface area contributed by atoms with E-state index < -0.39 is 0 Å². The van der Waals surface area contributed by atoms with E-state index >= 15 is 0 Å². The van der Waals surface area contributed by atoms with Crippen LogP contribution < -0.4 is 0 Å². The normalized spacial score (nSPS) is 12.7. The van der Waals surface area contributed by atoms with Crippen LogP contribution in [0.4, 0.5) is 0 Å². The van der Waals surface area contributed by atoms with Gasteiger partial charge in [0.2, 0.25) is 5.71 Å². The van der Waals surface area contributed by atoms with E-state index in [1.54, 1.807) is 17.7 Å². The molecule has 48 heavy (non-hydrogen) atoms. The second-order valence-electron chi connectivity index (χ2n) is 14.1. The van der Waals surface area contributed by atoms with Gasteiger partial charge >= 0.3 is 0 Å². The molecule has 0 amide bonds. The summed E-state index contributed by atoms with van der Waals surface area (Å²) in [6.07, 6.45) is 6.34. The molecule has 0 aliphatic rings. The van der Waals surface area contributed by atoms with Crippen molar-refractivity contribution in [1.29, 1.82) is 0 Å². The first-order valence-electron chi connectivity index (χ1n) is 16.7. The topological polar surface area (TPSA) is 76.2 Å². The van der Waals surface area contributed by atoms with Crippen LogP contribution in [-0.4, -0.2) is 20.9 Å². The Morgan fingerprint density at radius 3 is 2.21 bits per heavy atom. The smallest absolute Gasteiger partial charge is 0.223 e. The Morgan fingerprint density at radius 2 is 1.56 bits per heavy atom. The molecule has 1 radical (unpaired) electrons. The number of aliphatic hydroxyl groups is 1. The predicted octanol–water partition coefficient (Wildman–Crippen LogP) is 12.2. The summed E-state index contributed by atoms with van der Waals surface area (Å²) in [5.74, 6) is 0.286. The third-order valence-corrected chi connectivity index (χ3v) is 11.2. The van der Waals surface area contributed by atoms with Crippen LogP contribution in [0.1, 0.15) is 93.6 Å². The van der Waals surface area contributed by atoms with Crippen LogP contribution in [0.15, 0.2) is 76.5 Å². The summed E-state index contributed by atoms with van der Waals surface area (Å²) >= 11 is 1.72. The molecule has 255 valence electrons. The van der Waals surface area contributed by atoms with E-state index in [0.29, 0.717) is 5.71 Å². The maximum Gasteiger partial charge on any atom is 0.223 e. The Hall–Kier alpha value is -3.38. The fraction of sp³-hybridized carbons (Fsp3) is 0.390. The third kappa shape index (κ3) is 7.01. The molecule has 5 nitrogen and oxygen atoms in total. The zero-order valence-corrected chi connectivity index (χ0v) is 32.8. The number of allylic oxidation sites excluding steroid dienone is 2. The van der Waals surface area contributed by atoms with Gasteiger partial charge in [0.15, 0.2) is 5.78 Å². The first-order valence-corrected chi connectivity index (χ1v) is 17.6. The van der Waals surface area contributed by atoms with Crippen LogP contribution >= 0.6 is 11.3 Å². The predicted molar refractivity (Wildman–Crippen MR) is 198 cm³/mol. The number of rotatable bonds is 8. The Kier molecular flexibility index (Phi) is 11.4. The van der Waals surface area contributed by atoms with E-state index in [1.807, 2.05) is 47.6 Å². The van der Waals surface area contributed by atoms with Gasteiger partial charge in [0, 0.05) is 58.2 Å². The van der Waals surface area contributed by atoms with Gasteiger partial charge in [-0.1, -0.05) is 91.5 Å². The van der Waals surface area contributed by atoms with E-state index in [-0.39, 0.29) is 47.9 Å². The molecule has 0 spiro atoms. The number of fused-ring (bicyclic) bond motifs is 6. The van der Waals surface area contributed by atoms with E-state index in [4.69, 9.17) is 9.40 Å². The Labute approximate surface area is 302 Å². The minimum atomic E-state index is -0.337. The fourth-order valence-electron chi connectivity index (χ4n) is 5.98. The molecule has 7 heteroatoms. The molecule has 0 saturated carbocycles. The molecule has 6 rings (SSSR count). The van der Waals surface area contributed by atoms with Crippen molar-refractivity contribution in [3.8, 4) is 11.3 Å². The quantitative estimate of drug-likeness (QED) is 0.0938. The van der Waals surface area contributed by atoms with Crippen LogP contribution in [-0.2, 0) is 30.3 Å². The van der Waals surface area contributed by atoms with Gasteiger partial charge in [0.25, 0.3) is 0 Å². The fourth-order valence-corrected chi connectivity index (χ4v) is 6.92. The molecule has 1 N–H and O–H groups in total. The summed E-state index contributed by atoms with van der Waals surface area (Å²) in [7, 11) is 0. The zero-order valence-electron chi connectivity index (χ0n) is 29.6. The maximum absolute atomic E-state index is 12.2. The Morgan fingerprint density at radius 1 is 0.896 bits per heavy atom.